The zero-order valence-electron chi connectivity index (χ0n) is 20.9. The van der Waals surface area contributed by atoms with Gasteiger partial charge in [0.05, 0.1) is 11.4 Å². The highest BCUT2D eigenvalue weighted by atomic mass is 16.3. The number of hydrogen-bond donors (Lipinski definition) is 1. The van der Waals surface area contributed by atoms with Crippen LogP contribution in [-0.4, -0.2) is 5.11 Å². The van der Waals surface area contributed by atoms with Crippen molar-refractivity contribution in [2.24, 2.45) is 0 Å². The van der Waals surface area contributed by atoms with E-state index >= 15 is 0 Å². The molecule has 0 fully saturated rings. The smallest absolute Gasteiger partial charge is 0.143 e. The topological polar surface area (TPSA) is 23.5 Å². The van der Waals surface area contributed by atoms with Crippen LogP contribution < -0.4 is 4.90 Å². The van der Waals surface area contributed by atoms with Gasteiger partial charge in [0, 0.05) is 22.4 Å². The van der Waals surface area contributed by atoms with E-state index in [1.165, 1.54) is 16.7 Å². The van der Waals surface area contributed by atoms with Crippen LogP contribution in [0.25, 0.3) is 11.1 Å². The zero-order chi connectivity index (χ0) is 24.9. The Morgan fingerprint density at radius 2 is 1.03 bits per heavy atom. The maximum absolute atomic E-state index is 12.7. The molecule has 0 atom stereocenters. The van der Waals surface area contributed by atoms with E-state index in [2.05, 4.69) is 105 Å². The van der Waals surface area contributed by atoms with Crippen molar-refractivity contribution in [1.82, 2.24) is 0 Å². The van der Waals surface area contributed by atoms with E-state index in [-0.39, 0.29) is 0 Å². The molecule has 5 aromatic rings. The van der Waals surface area contributed by atoms with Gasteiger partial charge in [0.2, 0.25) is 0 Å². The van der Waals surface area contributed by atoms with Gasteiger partial charge in [-0.1, -0.05) is 103 Å². The van der Waals surface area contributed by atoms with Gasteiger partial charge in [0.25, 0.3) is 0 Å². The van der Waals surface area contributed by atoms with E-state index in [1.54, 1.807) is 0 Å². The van der Waals surface area contributed by atoms with Crippen LogP contribution in [0.15, 0.2) is 115 Å². The average molecular weight is 468 g/mol. The van der Waals surface area contributed by atoms with E-state index in [0.717, 1.165) is 44.9 Å². The Morgan fingerprint density at radius 3 is 1.61 bits per heavy atom. The molecule has 0 amide bonds. The maximum Gasteiger partial charge on any atom is 0.143 e. The van der Waals surface area contributed by atoms with Crippen molar-refractivity contribution in [3.05, 3.63) is 149 Å². The minimum atomic E-state index is -1.27. The molecule has 5 aromatic carbocycles. The van der Waals surface area contributed by atoms with Gasteiger partial charge in [0.1, 0.15) is 5.60 Å². The van der Waals surface area contributed by atoms with Gasteiger partial charge in [-0.2, -0.15) is 0 Å². The summed E-state index contributed by atoms with van der Waals surface area (Å²) in [5.41, 5.74) is 10.4. The monoisotopic (exact) mass is 467 g/mol. The number of hydrogen-bond acceptors (Lipinski definition) is 2. The van der Waals surface area contributed by atoms with Crippen molar-refractivity contribution in [1.29, 1.82) is 0 Å². The molecule has 176 valence electrons. The van der Waals surface area contributed by atoms with Crippen LogP contribution in [0.3, 0.4) is 0 Å². The predicted octanol–water partition coefficient (Wildman–Crippen LogP) is 8.35. The number of anilines is 3. The number of rotatable bonds is 4. The highest BCUT2D eigenvalue weighted by molar-refractivity contribution is 5.87. The molecule has 1 aliphatic rings. The molecule has 6 rings (SSSR count). The summed E-state index contributed by atoms with van der Waals surface area (Å²) >= 11 is 0. The highest BCUT2D eigenvalue weighted by Crippen LogP contribution is 2.54. The third kappa shape index (κ3) is 3.30. The number of aliphatic hydroxyl groups is 1. The van der Waals surface area contributed by atoms with E-state index in [4.69, 9.17) is 0 Å². The third-order valence-electron chi connectivity index (χ3n) is 7.33. The van der Waals surface area contributed by atoms with Gasteiger partial charge in [-0.3, -0.25) is 0 Å². The van der Waals surface area contributed by atoms with Crippen LogP contribution >= 0.6 is 0 Å². The molecule has 1 N–H and O–H groups in total. The molecule has 0 unspecified atom stereocenters. The van der Waals surface area contributed by atoms with Crippen LogP contribution in [-0.2, 0) is 5.60 Å². The molecule has 0 heterocycles. The fourth-order valence-corrected chi connectivity index (χ4v) is 5.97. The molecule has 0 bridgehead atoms. The quantitative estimate of drug-likeness (QED) is 0.287. The van der Waals surface area contributed by atoms with Gasteiger partial charge in [0.15, 0.2) is 0 Å². The summed E-state index contributed by atoms with van der Waals surface area (Å²) in [5, 5.41) is 12.7. The predicted molar refractivity (Wildman–Crippen MR) is 149 cm³/mol. The summed E-state index contributed by atoms with van der Waals surface area (Å²) in [5.74, 6) is 0. The molecule has 1 aliphatic carbocycles. The first-order valence-corrected chi connectivity index (χ1v) is 12.4. The van der Waals surface area contributed by atoms with Crippen LogP contribution in [0.1, 0.15) is 33.4 Å². The van der Waals surface area contributed by atoms with Gasteiger partial charge in [-0.15, -0.1) is 0 Å². The SMILES string of the molecule is Cc1cc(C)c(N(c2ccccc2)c2ccccc2C2(O)c3ccccc3-c3ccccc32)c(C)c1. The number of benzene rings is 5. The Hall–Kier alpha value is -4.14. The number of para-hydroxylation sites is 2. The molecule has 0 radical (unpaired) electrons. The second-order valence-corrected chi connectivity index (χ2v) is 9.74. The molecule has 0 saturated heterocycles. The van der Waals surface area contributed by atoms with Crippen molar-refractivity contribution >= 4 is 17.1 Å². The normalized spacial score (nSPS) is 13.2. The summed E-state index contributed by atoms with van der Waals surface area (Å²) < 4.78 is 0. The molecule has 0 spiro atoms. The van der Waals surface area contributed by atoms with Crippen molar-refractivity contribution in [2.75, 3.05) is 4.90 Å². The van der Waals surface area contributed by atoms with Gasteiger partial charge < -0.3 is 10.0 Å². The fraction of sp³-hybridized carbons (Fsp3) is 0.118. The van der Waals surface area contributed by atoms with E-state index in [1.807, 2.05) is 36.4 Å². The van der Waals surface area contributed by atoms with Gasteiger partial charge in [-0.05, 0) is 61.2 Å². The average Bonchev–Trinajstić information content (AvgIpc) is 3.16. The Balaban J connectivity index is 1.68. The first kappa shape index (κ1) is 22.3. The zero-order valence-corrected chi connectivity index (χ0v) is 20.9. The highest BCUT2D eigenvalue weighted by Gasteiger charge is 2.44. The number of aryl methyl sites for hydroxylation is 3. The molecule has 0 aromatic heterocycles. The fourth-order valence-electron chi connectivity index (χ4n) is 5.97. The van der Waals surface area contributed by atoms with Crippen molar-refractivity contribution in [2.45, 2.75) is 26.4 Å². The summed E-state index contributed by atoms with van der Waals surface area (Å²) in [6, 6.07) is 39.6. The lowest BCUT2D eigenvalue weighted by molar-refractivity contribution is 0.131. The Bertz CT molecular complexity index is 1520. The minimum Gasteiger partial charge on any atom is -0.376 e. The first-order valence-electron chi connectivity index (χ1n) is 12.4. The van der Waals surface area contributed by atoms with Gasteiger partial charge >= 0.3 is 0 Å². The second-order valence-electron chi connectivity index (χ2n) is 9.74. The summed E-state index contributed by atoms with van der Waals surface area (Å²) in [4.78, 5) is 2.31. The standard InChI is InChI=1S/C34H29NO/c1-23-21-24(2)33(25(3)22-23)35(26-13-5-4-6-14-26)32-20-12-11-19-31(32)34(36)29-17-9-7-15-27(29)28-16-8-10-18-30(28)34/h4-22,36H,1-3H3. The minimum absolute atomic E-state index is 0.866. The van der Waals surface area contributed by atoms with E-state index in [9.17, 15) is 5.11 Å². The van der Waals surface area contributed by atoms with Gasteiger partial charge in [-0.25, -0.2) is 0 Å². The lowest BCUT2D eigenvalue weighted by Crippen LogP contribution is -2.29. The van der Waals surface area contributed by atoms with Crippen molar-refractivity contribution < 1.29 is 5.11 Å². The summed E-state index contributed by atoms with van der Waals surface area (Å²) in [6.07, 6.45) is 0. The molecule has 2 nitrogen and oxygen atoms in total. The van der Waals surface area contributed by atoms with E-state index in [0.29, 0.717) is 0 Å². The van der Waals surface area contributed by atoms with E-state index < -0.39 is 5.60 Å². The second kappa shape index (κ2) is 8.51. The largest absolute Gasteiger partial charge is 0.376 e. The van der Waals surface area contributed by atoms with Crippen molar-refractivity contribution in [3.8, 4) is 11.1 Å². The first-order chi connectivity index (χ1) is 17.5. The lowest BCUT2D eigenvalue weighted by Gasteiger charge is -2.35. The number of nitrogens with zero attached hydrogens (tertiary/aromatic N) is 1. The lowest BCUT2D eigenvalue weighted by atomic mass is 9.82. The maximum atomic E-state index is 12.7. The number of fused-ring (bicyclic) bond motifs is 3. The van der Waals surface area contributed by atoms with Crippen LogP contribution in [0.4, 0.5) is 17.1 Å². The van der Waals surface area contributed by atoms with Crippen LogP contribution in [0.5, 0.6) is 0 Å². The Labute approximate surface area is 213 Å². The molecular formula is C34H29NO. The van der Waals surface area contributed by atoms with Crippen molar-refractivity contribution in [3.63, 3.8) is 0 Å². The molecular weight excluding hydrogens is 438 g/mol. The molecule has 0 saturated carbocycles. The Morgan fingerprint density at radius 1 is 0.556 bits per heavy atom. The van der Waals surface area contributed by atoms with Crippen LogP contribution in [0, 0.1) is 20.8 Å². The molecule has 2 heteroatoms. The van der Waals surface area contributed by atoms with Crippen LogP contribution in [0.2, 0.25) is 0 Å². The molecule has 36 heavy (non-hydrogen) atoms. The third-order valence-corrected chi connectivity index (χ3v) is 7.33. The summed E-state index contributed by atoms with van der Waals surface area (Å²) in [7, 11) is 0. The Kier molecular flexibility index (Phi) is 5.28. The summed E-state index contributed by atoms with van der Waals surface area (Å²) in [6.45, 7) is 6.48. The molecule has 0 aliphatic heterocycles.